The van der Waals surface area contributed by atoms with Gasteiger partial charge < -0.3 is 15.0 Å². The quantitative estimate of drug-likeness (QED) is 0.826. The molecule has 1 N–H and O–H groups in total. The van der Waals surface area contributed by atoms with Gasteiger partial charge in [-0.2, -0.15) is 0 Å². The molecule has 1 aromatic rings. The van der Waals surface area contributed by atoms with Crippen molar-refractivity contribution in [1.29, 1.82) is 0 Å². The minimum absolute atomic E-state index is 0.0408. The summed E-state index contributed by atoms with van der Waals surface area (Å²) in [5.74, 6) is 0. The van der Waals surface area contributed by atoms with E-state index in [-0.39, 0.29) is 5.54 Å². The van der Waals surface area contributed by atoms with E-state index >= 15 is 0 Å². The Morgan fingerprint density at radius 3 is 3.05 bits per heavy atom. The number of ether oxygens (including phenoxy) is 1. The summed E-state index contributed by atoms with van der Waals surface area (Å²) < 4.78 is 5.60. The summed E-state index contributed by atoms with van der Waals surface area (Å²) in [5.41, 5.74) is 2.59. The molecule has 106 valence electrons. The average molecular weight is 263 g/mol. The third-order valence-corrected chi connectivity index (χ3v) is 3.56. The standard InChI is InChI=1S/C15H25N3O/c1-4-6-16-10-13-11-17-7-5-14(13)18-8-9-19-12-15(18,2)3/h5,7,11,16H,4,6,8-10,12H2,1-3H3. The Kier molecular flexibility index (Phi) is 4.77. The van der Waals surface area contributed by atoms with Gasteiger partial charge >= 0.3 is 0 Å². The molecule has 1 aromatic heterocycles. The number of rotatable bonds is 5. The highest BCUT2D eigenvalue weighted by Crippen LogP contribution is 2.29. The molecule has 1 aliphatic rings. The Morgan fingerprint density at radius 1 is 1.47 bits per heavy atom. The smallest absolute Gasteiger partial charge is 0.0694 e. The maximum atomic E-state index is 5.60. The van der Waals surface area contributed by atoms with E-state index in [0.29, 0.717) is 0 Å². The number of pyridine rings is 1. The molecular weight excluding hydrogens is 238 g/mol. The van der Waals surface area contributed by atoms with E-state index < -0.39 is 0 Å². The van der Waals surface area contributed by atoms with Crippen LogP contribution in [0.2, 0.25) is 0 Å². The van der Waals surface area contributed by atoms with Gasteiger partial charge in [0.1, 0.15) is 0 Å². The summed E-state index contributed by atoms with van der Waals surface area (Å²) in [6.45, 7) is 11.1. The van der Waals surface area contributed by atoms with Gasteiger partial charge in [-0.1, -0.05) is 6.92 Å². The zero-order valence-corrected chi connectivity index (χ0v) is 12.3. The first-order chi connectivity index (χ1) is 9.15. The molecule has 0 atom stereocenters. The number of nitrogens with one attached hydrogen (secondary N) is 1. The van der Waals surface area contributed by atoms with E-state index in [1.807, 2.05) is 12.4 Å². The fraction of sp³-hybridized carbons (Fsp3) is 0.667. The van der Waals surface area contributed by atoms with Crippen LogP contribution in [0.1, 0.15) is 32.8 Å². The van der Waals surface area contributed by atoms with E-state index in [0.717, 1.165) is 39.3 Å². The maximum absolute atomic E-state index is 5.60. The number of morpholine rings is 1. The predicted octanol–water partition coefficient (Wildman–Crippen LogP) is 2.20. The summed E-state index contributed by atoms with van der Waals surface area (Å²) in [4.78, 5) is 6.71. The highest BCUT2D eigenvalue weighted by Gasteiger charge is 2.31. The van der Waals surface area contributed by atoms with Gasteiger partial charge in [0.2, 0.25) is 0 Å². The first kappa shape index (κ1) is 14.3. The van der Waals surface area contributed by atoms with Gasteiger partial charge in [-0.05, 0) is 32.9 Å². The first-order valence-electron chi connectivity index (χ1n) is 7.14. The van der Waals surface area contributed by atoms with Crippen molar-refractivity contribution >= 4 is 5.69 Å². The molecular formula is C15H25N3O. The van der Waals surface area contributed by atoms with Crippen molar-refractivity contribution in [1.82, 2.24) is 10.3 Å². The van der Waals surface area contributed by atoms with Crippen molar-refractivity contribution in [2.45, 2.75) is 39.3 Å². The van der Waals surface area contributed by atoms with Gasteiger partial charge in [-0.25, -0.2) is 0 Å². The number of anilines is 1. The van der Waals surface area contributed by atoms with Gasteiger partial charge in [-0.3, -0.25) is 4.98 Å². The third-order valence-electron chi connectivity index (χ3n) is 3.56. The zero-order chi connectivity index (χ0) is 13.7. The fourth-order valence-corrected chi connectivity index (χ4v) is 2.52. The summed E-state index contributed by atoms with van der Waals surface area (Å²) in [7, 11) is 0. The van der Waals surface area contributed by atoms with Crippen LogP contribution >= 0.6 is 0 Å². The number of hydrogen-bond donors (Lipinski definition) is 1. The molecule has 0 saturated carbocycles. The Morgan fingerprint density at radius 2 is 2.32 bits per heavy atom. The van der Waals surface area contributed by atoms with Crippen molar-refractivity contribution in [3.63, 3.8) is 0 Å². The number of hydrogen-bond acceptors (Lipinski definition) is 4. The molecule has 2 heterocycles. The van der Waals surface area contributed by atoms with Crippen molar-refractivity contribution in [3.8, 4) is 0 Å². The second-order valence-electron chi connectivity index (χ2n) is 5.70. The Balaban J connectivity index is 2.18. The van der Waals surface area contributed by atoms with Crippen molar-refractivity contribution in [2.24, 2.45) is 0 Å². The van der Waals surface area contributed by atoms with Crippen LogP contribution in [-0.2, 0) is 11.3 Å². The van der Waals surface area contributed by atoms with Gasteiger partial charge in [0, 0.05) is 36.7 Å². The monoisotopic (exact) mass is 263 g/mol. The zero-order valence-electron chi connectivity index (χ0n) is 12.3. The Labute approximate surface area is 116 Å². The molecule has 0 radical (unpaired) electrons. The molecule has 0 aromatic carbocycles. The highest BCUT2D eigenvalue weighted by atomic mass is 16.5. The van der Waals surface area contributed by atoms with E-state index in [1.165, 1.54) is 11.3 Å². The maximum Gasteiger partial charge on any atom is 0.0694 e. The molecule has 1 fully saturated rings. The summed E-state index contributed by atoms with van der Waals surface area (Å²) in [6.07, 6.45) is 5.01. The van der Waals surface area contributed by atoms with E-state index in [9.17, 15) is 0 Å². The Bertz CT molecular complexity index is 406. The minimum Gasteiger partial charge on any atom is -0.377 e. The topological polar surface area (TPSA) is 37.4 Å². The molecule has 1 aliphatic heterocycles. The molecule has 0 amide bonds. The van der Waals surface area contributed by atoms with Crippen LogP contribution in [0.15, 0.2) is 18.5 Å². The molecule has 1 saturated heterocycles. The van der Waals surface area contributed by atoms with Crippen LogP contribution < -0.4 is 10.2 Å². The average Bonchev–Trinajstić information content (AvgIpc) is 2.39. The van der Waals surface area contributed by atoms with Crippen molar-refractivity contribution in [2.75, 3.05) is 31.2 Å². The second kappa shape index (κ2) is 6.35. The summed E-state index contributed by atoms with van der Waals surface area (Å²) in [5, 5.41) is 3.46. The van der Waals surface area contributed by atoms with Gasteiger partial charge in [0.25, 0.3) is 0 Å². The van der Waals surface area contributed by atoms with Crippen LogP contribution in [0.3, 0.4) is 0 Å². The lowest BCUT2D eigenvalue weighted by Crippen LogP contribution is -2.53. The number of aromatic nitrogens is 1. The van der Waals surface area contributed by atoms with E-state index in [2.05, 4.69) is 42.0 Å². The highest BCUT2D eigenvalue weighted by molar-refractivity contribution is 5.54. The second-order valence-corrected chi connectivity index (χ2v) is 5.70. The minimum atomic E-state index is 0.0408. The molecule has 19 heavy (non-hydrogen) atoms. The molecule has 2 rings (SSSR count). The summed E-state index contributed by atoms with van der Waals surface area (Å²) in [6, 6.07) is 2.12. The van der Waals surface area contributed by atoms with Gasteiger partial charge in [0.05, 0.1) is 18.8 Å². The number of nitrogens with zero attached hydrogens (tertiary/aromatic N) is 2. The van der Waals surface area contributed by atoms with Crippen molar-refractivity contribution in [3.05, 3.63) is 24.0 Å². The SMILES string of the molecule is CCCNCc1cnccc1N1CCOCC1(C)C. The molecule has 4 heteroatoms. The van der Waals surface area contributed by atoms with Gasteiger partial charge in [0.15, 0.2) is 0 Å². The van der Waals surface area contributed by atoms with Crippen LogP contribution in [0.25, 0.3) is 0 Å². The first-order valence-corrected chi connectivity index (χ1v) is 7.14. The fourth-order valence-electron chi connectivity index (χ4n) is 2.52. The Hall–Kier alpha value is -1.13. The third kappa shape index (κ3) is 3.45. The van der Waals surface area contributed by atoms with Crippen LogP contribution in [0.4, 0.5) is 5.69 Å². The van der Waals surface area contributed by atoms with Crippen LogP contribution in [0, 0.1) is 0 Å². The van der Waals surface area contributed by atoms with E-state index in [4.69, 9.17) is 4.74 Å². The van der Waals surface area contributed by atoms with Crippen LogP contribution in [0.5, 0.6) is 0 Å². The molecule has 0 spiro atoms. The molecule has 0 aliphatic carbocycles. The lowest BCUT2D eigenvalue weighted by molar-refractivity contribution is 0.0643. The van der Waals surface area contributed by atoms with Gasteiger partial charge in [-0.15, -0.1) is 0 Å². The predicted molar refractivity (Wildman–Crippen MR) is 78.5 cm³/mol. The summed E-state index contributed by atoms with van der Waals surface area (Å²) >= 11 is 0. The van der Waals surface area contributed by atoms with Crippen molar-refractivity contribution < 1.29 is 4.74 Å². The normalized spacial score (nSPS) is 18.6. The molecule has 0 bridgehead atoms. The molecule has 0 unspecified atom stereocenters. The largest absolute Gasteiger partial charge is 0.377 e. The van der Waals surface area contributed by atoms with Crippen LogP contribution in [-0.4, -0.2) is 36.8 Å². The lowest BCUT2D eigenvalue weighted by Gasteiger charge is -2.44. The van der Waals surface area contributed by atoms with E-state index in [1.54, 1.807) is 0 Å². The molecule has 4 nitrogen and oxygen atoms in total. The lowest BCUT2D eigenvalue weighted by atomic mass is 10.0.